The molecule has 0 unspecified atom stereocenters. The molecular weight excluding hydrogens is 255 g/mol. The van der Waals surface area contributed by atoms with Crippen LogP contribution in [0.4, 0.5) is 4.39 Å². The highest BCUT2D eigenvalue weighted by Crippen LogP contribution is 2.19. The Labute approximate surface area is 118 Å². The van der Waals surface area contributed by atoms with Crippen LogP contribution in [-0.4, -0.2) is 12.4 Å². The van der Waals surface area contributed by atoms with Crippen molar-refractivity contribution in [3.05, 3.63) is 64.5 Å². The van der Waals surface area contributed by atoms with Gasteiger partial charge in [-0.05, 0) is 55.7 Å². The number of carbonyl (C=O) groups is 1. The number of rotatable bonds is 4. The molecule has 2 aromatic carbocycles. The average Bonchev–Trinajstić information content (AvgIpc) is 2.42. The van der Waals surface area contributed by atoms with Gasteiger partial charge in [0.05, 0.1) is 0 Å². The first-order valence-corrected chi connectivity index (χ1v) is 6.47. The van der Waals surface area contributed by atoms with E-state index in [0.29, 0.717) is 5.56 Å². The van der Waals surface area contributed by atoms with Gasteiger partial charge in [0, 0.05) is 5.56 Å². The highest BCUT2D eigenvalue weighted by atomic mass is 19.1. The molecule has 0 saturated heterocycles. The summed E-state index contributed by atoms with van der Waals surface area (Å²) in [6.45, 7) is 5.62. The Morgan fingerprint density at radius 3 is 2.50 bits per heavy atom. The number of benzene rings is 2. The Kier molecular flexibility index (Phi) is 4.18. The SMILES string of the molecule is Cc1ccc(F)c(OCC(=O)c2ccc(C)c(C)c2)c1. The second-order valence-electron chi connectivity index (χ2n) is 4.94. The molecule has 0 aliphatic heterocycles. The number of Topliss-reactive ketones (excluding diaryl/α,β-unsaturated/α-hetero) is 1. The lowest BCUT2D eigenvalue weighted by Crippen LogP contribution is -2.12. The highest BCUT2D eigenvalue weighted by Gasteiger charge is 2.10. The molecule has 0 bridgehead atoms. The van der Waals surface area contributed by atoms with E-state index in [9.17, 15) is 9.18 Å². The third kappa shape index (κ3) is 3.23. The van der Waals surface area contributed by atoms with Crippen LogP contribution in [0.15, 0.2) is 36.4 Å². The molecule has 0 aliphatic rings. The van der Waals surface area contributed by atoms with Gasteiger partial charge in [-0.1, -0.05) is 18.2 Å². The van der Waals surface area contributed by atoms with Crippen LogP contribution in [0.1, 0.15) is 27.0 Å². The Bertz CT molecular complexity index is 647. The highest BCUT2D eigenvalue weighted by molar-refractivity contribution is 5.97. The quantitative estimate of drug-likeness (QED) is 0.786. The molecule has 0 saturated carbocycles. The van der Waals surface area contributed by atoms with Gasteiger partial charge in [-0.25, -0.2) is 4.39 Å². The predicted molar refractivity (Wildman–Crippen MR) is 76.9 cm³/mol. The van der Waals surface area contributed by atoms with Gasteiger partial charge in [-0.2, -0.15) is 0 Å². The van der Waals surface area contributed by atoms with Crippen molar-refractivity contribution < 1.29 is 13.9 Å². The van der Waals surface area contributed by atoms with Gasteiger partial charge in [-0.15, -0.1) is 0 Å². The van der Waals surface area contributed by atoms with E-state index in [1.165, 1.54) is 6.07 Å². The smallest absolute Gasteiger partial charge is 0.200 e. The van der Waals surface area contributed by atoms with Crippen LogP contribution >= 0.6 is 0 Å². The first-order valence-electron chi connectivity index (χ1n) is 6.47. The summed E-state index contributed by atoms with van der Waals surface area (Å²) < 4.78 is 18.8. The molecule has 3 heteroatoms. The monoisotopic (exact) mass is 272 g/mol. The summed E-state index contributed by atoms with van der Waals surface area (Å²) in [5.74, 6) is -0.500. The molecule has 2 rings (SSSR count). The molecule has 0 amide bonds. The molecule has 0 spiro atoms. The fourth-order valence-corrected chi connectivity index (χ4v) is 1.86. The Balaban J connectivity index is 2.08. The van der Waals surface area contributed by atoms with Crippen LogP contribution in [0.3, 0.4) is 0 Å². The molecular formula is C17H17FO2. The molecule has 0 N–H and O–H groups in total. The van der Waals surface area contributed by atoms with Crippen LogP contribution in [0, 0.1) is 26.6 Å². The van der Waals surface area contributed by atoms with E-state index in [1.54, 1.807) is 18.2 Å². The van der Waals surface area contributed by atoms with Crippen molar-refractivity contribution in [2.45, 2.75) is 20.8 Å². The van der Waals surface area contributed by atoms with Gasteiger partial charge in [0.25, 0.3) is 0 Å². The minimum Gasteiger partial charge on any atom is -0.482 e. The summed E-state index contributed by atoms with van der Waals surface area (Å²) in [6.07, 6.45) is 0. The van der Waals surface area contributed by atoms with Gasteiger partial charge in [-0.3, -0.25) is 4.79 Å². The van der Waals surface area contributed by atoms with Crippen molar-refractivity contribution >= 4 is 5.78 Å². The lowest BCUT2D eigenvalue weighted by Gasteiger charge is -2.08. The Morgan fingerprint density at radius 2 is 1.80 bits per heavy atom. The predicted octanol–water partition coefficient (Wildman–Crippen LogP) is 4.01. The molecule has 2 aromatic rings. The van der Waals surface area contributed by atoms with Crippen LogP contribution in [0.5, 0.6) is 5.75 Å². The third-order valence-corrected chi connectivity index (χ3v) is 3.27. The largest absolute Gasteiger partial charge is 0.482 e. The van der Waals surface area contributed by atoms with E-state index < -0.39 is 5.82 Å². The van der Waals surface area contributed by atoms with Gasteiger partial charge in [0.1, 0.15) is 0 Å². The molecule has 20 heavy (non-hydrogen) atoms. The summed E-state index contributed by atoms with van der Waals surface area (Å²) in [6, 6.07) is 10.1. The number of carbonyl (C=O) groups excluding carboxylic acids is 1. The maximum absolute atomic E-state index is 13.5. The van der Waals surface area contributed by atoms with Gasteiger partial charge in [0.2, 0.25) is 0 Å². The fourth-order valence-electron chi connectivity index (χ4n) is 1.86. The van der Waals surface area contributed by atoms with Crippen molar-refractivity contribution in [1.82, 2.24) is 0 Å². The topological polar surface area (TPSA) is 26.3 Å². The van der Waals surface area contributed by atoms with Crippen LogP contribution in [0.2, 0.25) is 0 Å². The fraction of sp³-hybridized carbons (Fsp3) is 0.235. The first kappa shape index (κ1) is 14.3. The number of ether oxygens (including phenoxy) is 1. The Morgan fingerprint density at radius 1 is 1.05 bits per heavy atom. The zero-order chi connectivity index (χ0) is 14.7. The summed E-state index contributed by atoms with van der Waals surface area (Å²) >= 11 is 0. The molecule has 2 nitrogen and oxygen atoms in total. The number of ketones is 1. The van der Waals surface area contributed by atoms with Crippen molar-refractivity contribution in [3.8, 4) is 5.75 Å². The van der Waals surface area contributed by atoms with Crippen molar-refractivity contribution in [2.24, 2.45) is 0 Å². The molecule has 0 atom stereocenters. The van der Waals surface area contributed by atoms with Gasteiger partial charge >= 0.3 is 0 Å². The van der Waals surface area contributed by atoms with E-state index in [0.717, 1.165) is 16.7 Å². The molecule has 0 aliphatic carbocycles. The summed E-state index contributed by atoms with van der Waals surface area (Å²) in [5.41, 5.74) is 3.66. The maximum atomic E-state index is 13.5. The summed E-state index contributed by atoms with van der Waals surface area (Å²) in [5, 5.41) is 0. The van der Waals surface area contributed by atoms with E-state index in [4.69, 9.17) is 4.74 Å². The van der Waals surface area contributed by atoms with E-state index in [-0.39, 0.29) is 18.1 Å². The molecule has 0 heterocycles. The van der Waals surface area contributed by atoms with Crippen molar-refractivity contribution in [3.63, 3.8) is 0 Å². The number of hydrogen-bond donors (Lipinski definition) is 0. The van der Waals surface area contributed by atoms with E-state index in [2.05, 4.69) is 0 Å². The molecule has 104 valence electrons. The normalized spacial score (nSPS) is 10.4. The lowest BCUT2D eigenvalue weighted by molar-refractivity contribution is 0.0918. The van der Waals surface area contributed by atoms with Gasteiger partial charge < -0.3 is 4.74 Å². The molecule has 0 fully saturated rings. The molecule has 0 aromatic heterocycles. The second kappa shape index (κ2) is 5.87. The van der Waals surface area contributed by atoms with E-state index >= 15 is 0 Å². The minimum absolute atomic E-state index is 0.113. The number of hydrogen-bond acceptors (Lipinski definition) is 2. The standard InChI is InChI=1S/C17H17FO2/c1-11-4-7-15(18)17(8-11)20-10-16(19)14-6-5-12(2)13(3)9-14/h4-9H,10H2,1-3H3. The van der Waals surface area contributed by atoms with Crippen LogP contribution in [-0.2, 0) is 0 Å². The Hall–Kier alpha value is -2.16. The number of aryl methyl sites for hydroxylation is 3. The molecule has 0 radical (unpaired) electrons. The third-order valence-electron chi connectivity index (χ3n) is 3.27. The average molecular weight is 272 g/mol. The summed E-state index contributed by atoms with van der Waals surface area (Å²) in [4.78, 5) is 12.0. The van der Waals surface area contributed by atoms with Crippen LogP contribution in [0.25, 0.3) is 0 Å². The van der Waals surface area contributed by atoms with E-state index in [1.807, 2.05) is 32.9 Å². The zero-order valence-corrected chi connectivity index (χ0v) is 11.9. The van der Waals surface area contributed by atoms with Crippen LogP contribution < -0.4 is 4.74 Å². The maximum Gasteiger partial charge on any atom is 0.200 e. The lowest BCUT2D eigenvalue weighted by atomic mass is 10.0. The summed E-state index contributed by atoms with van der Waals surface area (Å²) in [7, 11) is 0. The van der Waals surface area contributed by atoms with Gasteiger partial charge in [0.15, 0.2) is 24.0 Å². The first-order chi connectivity index (χ1) is 9.47. The number of halogens is 1. The minimum atomic E-state index is -0.455. The van der Waals surface area contributed by atoms with Crippen molar-refractivity contribution in [2.75, 3.05) is 6.61 Å². The van der Waals surface area contributed by atoms with Crippen molar-refractivity contribution in [1.29, 1.82) is 0 Å². The zero-order valence-electron chi connectivity index (χ0n) is 11.9. The second-order valence-corrected chi connectivity index (χ2v) is 4.94.